The van der Waals surface area contributed by atoms with Crippen LogP contribution in [0.2, 0.25) is 0 Å². The molecule has 4 fully saturated rings. The molecular formula is C45H57N9O4. The van der Waals surface area contributed by atoms with Gasteiger partial charge in [0.2, 0.25) is 5.91 Å². The van der Waals surface area contributed by atoms with E-state index >= 15 is 0 Å². The van der Waals surface area contributed by atoms with Gasteiger partial charge in [-0.05, 0) is 99.4 Å². The Kier molecular flexibility index (Phi) is 12.9. The molecule has 0 spiro atoms. The highest BCUT2D eigenvalue weighted by atomic mass is 16.3. The number of hydrogen-bond donors (Lipinski definition) is 5. The molecule has 0 bridgehead atoms. The van der Waals surface area contributed by atoms with E-state index < -0.39 is 0 Å². The number of carbonyl (C=O) groups is 3. The number of urea groups is 1. The van der Waals surface area contributed by atoms with Crippen LogP contribution in [-0.4, -0.2) is 94.6 Å². The number of likely N-dealkylation sites (tertiary alicyclic amines) is 3. The van der Waals surface area contributed by atoms with Gasteiger partial charge in [0.1, 0.15) is 11.6 Å². The smallest absolute Gasteiger partial charge is 0.328 e. The third kappa shape index (κ3) is 9.42. The van der Waals surface area contributed by atoms with Crippen molar-refractivity contribution in [3.8, 4) is 5.75 Å². The van der Waals surface area contributed by atoms with E-state index in [-0.39, 0.29) is 29.4 Å². The van der Waals surface area contributed by atoms with E-state index in [0.29, 0.717) is 36.2 Å². The van der Waals surface area contributed by atoms with Crippen molar-refractivity contribution in [2.75, 3.05) is 57.3 Å². The number of phenolic OH excluding ortho intramolecular Hbond substituents is 1. The van der Waals surface area contributed by atoms with Gasteiger partial charge in [0.05, 0.1) is 16.9 Å². The van der Waals surface area contributed by atoms with Crippen LogP contribution in [0.4, 0.5) is 10.5 Å². The molecule has 5 heterocycles. The fraction of sp³-hybridized carbons (Fsp3) is 0.400. The molecule has 13 nitrogen and oxygen atoms in total. The summed E-state index contributed by atoms with van der Waals surface area (Å²) in [6, 6.07) is 24.8. The largest absolute Gasteiger partial charge is 0.507 e. The van der Waals surface area contributed by atoms with Gasteiger partial charge in [-0.1, -0.05) is 36.4 Å². The first-order valence-corrected chi connectivity index (χ1v) is 20.7. The molecular weight excluding hydrogens is 731 g/mol. The molecule has 4 saturated heterocycles. The minimum atomic E-state index is -0.343. The van der Waals surface area contributed by atoms with Gasteiger partial charge in [0, 0.05) is 93.2 Å². The number of anilines is 1. The van der Waals surface area contributed by atoms with E-state index in [9.17, 15) is 19.5 Å². The molecule has 0 unspecified atom stereocenters. The summed E-state index contributed by atoms with van der Waals surface area (Å²) < 4.78 is 2.37. The summed E-state index contributed by atoms with van der Waals surface area (Å²) in [7, 11) is 0. The number of nitrogens with one attached hydrogen (secondary N) is 1. The summed E-state index contributed by atoms with van der Waals surface area (Å²) in [6.07, 6.45) is 12.0. The fourth-order valence-electron chi connectivity index (χ4n) is 8.78. The van der Waals surface area contributed by atoms with E-state index in [1.807, 2.05) is 53.4 Å². The minimum Gasteiger partial charge on any atom is -0.507 e. The monoisotopic (exact) mass is 787 g/mol. The van der Waals surface area contributed by atoms with Crippen LogP contribution in [0.1, 0.15) is 73.3 Å². The van der Waals surface area contributed by atoms with Gasteiger partial charge < -0.3 is 41.6 Å². The van der Waals surface area contributed by atoms with Gasteiger partial charge in [0.15, 0.2) is 0 Å². The molecule has 3 aromatic carbocycles. The molecule has 4 aliphatic rings. The van der Waals surface area contributed by atoms with Crippen LogP contribution in [-0.2, 0) is 4.79 Å². The van der Waals surface area contributed by atoms with Crippen LogP contribution >= 0.6 is 0 Å². The number of para-hydroxylation sites is 1. The fourth-order valence-corrected chi connectivity index (χ4v) is 8.78. The van der Waals surface area contributed by atoms with Gasteiger partial charge in [-0.2, -0.15) is 0 Å². The molecule has 0 aliphatic carbocycles. The Morgan fingerprint density at radius 2 is 1.47 bits per heavy atom. The standard InChI is InChI=1S/C30H35N5O3.C15H22N4O/c36-28-14-20-35(30(38)31-28)27-8-4-7-26-25(27)13-19-34(26)24-11-15-32(16-12-24)21-22-9-17-33(18-10-22)29(37)23-5-2-1-3-6-23;16-12(11-6-2-3-7-14(11)20)10-13(15(17)18)19-8-4-1-5-9-19/h1-8,13,19,22,24H,9-12,14-18,20-21H2,(H,31,36,38);2-3,6-7,10,20H,1,4-5,8-9,16-18H2/b;12-10-. The predicted octanol–water partition coefficient (Wildman–Crippen LogP) is 5.54. The number of aromatic nitrogens is 1. The van der Waals surface area contributed by atoms with Gasteiger partial charge in [0.25, 0.3) is 5.91 Å². The van der Waals surface area contributed by atoms with Crippen molar-refractivity contribution in [1.82, 2.24) is 24.6 Å². The second-order valence-electron chi connectivity index (χ2n) is 15.8. The first-order chi connectivity index (χ1) is 28.2. The number of piperidine rings is 3. The molecule has 1 aromatic heterocycles. The van der Waals surface area contributed by atoms with E-state index in [0.717, 1.165) is 112 Å². The van der Waals surface area contributed by atoms with Crippen LogP contribution in [0.3, 0.4) is 0 Å². The highest BCUT2D eigenvalue weighted by Gasteiger charge is 2.29. The van der Waals surface area contributed by atoms with E-state index in [1.54, 1.807) is 29.2 Å². The molecule has 58 heavy (non-hydrogen) atoms. The summed E-state index contributed by atoms with van der Waals surface area (Å²) in [5.41, 5.74) is 22.2. The number of nitrogens with two attached hydrogens (primary N) is 3. The number of benzene rings is 3. The van der Waals surface area contributed by atoms with Crippen molar-refractivity contribution in [3.05, 3.63) is 114 Å². The Morgan fingerprint density at radius 3 is 2.16 bits per heavy atom. The lowest BCUT2D eigenvalue weighted by Crippen LogP contribution is -2.49. The van der Waals surface area contributed by atoms with Crippen LogP contribution in [0.25, 0.3) is 16.6 Å². The maximum absolute atomic E-state index is 12.8. The third-order valence-corrected chi connectivity index (χ3v) is 12.0. The Labute approximate surface area is 340 Å². The summed E-state index contributed by atoms with van der Waals surface area (Å²) >= 11 is 0. The number of aromatic hydroxyl groups is 1. The maximum atomic E-state index is 12.8. The van der Waals surface area contributed by atoms with E-state index in [1.165, 1.54) is 6.42 Å². The molecule has 4 aliphatic heterocycles. The second-order valence-corrected chi connectivity index (χ2v) is 15.8. The minimum absolute atomic E-state index is 0.148. The van der Waals surface area contributed by atoms with Gasteiger partial charge in [-0.3, -0.25) is 19.8 Å². The number of rotatable bonds is 8. The number of amides is 4. The number of hydrogen-bond acceptors (Lipinski definition) is 9. The maximum Gasteiger partial charge on any atom is 0.328 e. The zero-order valence-electron chi connectivity index (χ0n) is 33.3. The molecule has 8 N–H and O–H groups in total. The Morgan fingerprint density at radius 1 is 0.759 bits per heavy atom. The highest BCUT2D eigenvalue weighted by Crippen LogP contribution is 2.34. The lowest BCUT2D eigenvalue weighted by Gasteiger charge is -2.38. The molecule has 4 aromatic rings. The van der Waals surface area contributed by atoms with Gasteiger partial charge in [-0.25, -0.2) is 4.79 Å². The highest BCUT2D eigenvalue weighted by molar-refractivity contribution is 6.09. The number of phenols is 1. The van der Waals surface area contributed by atoms with Crippen LogP contribution in [0.5, 0.6) is 5.75 Å². The number of carbonyl (C=O) groups excluding carboxylic acids is 3. The average molecular weight is 788 g/mol. The topological polar surface area (TPSA) is 179 Å². The van der Waals surface area contributed by atoms with E-state index in [4.69, 9.17) is 17.2 Å². The third-order valence-electron chi connectivity index (χ3n) is 12.0. The number of nitrogens with zero attached hydrogens (tertiary/aromatic N) is 5. The Bertz CT molecular complexity index is 2120. The molecule has 0 saturated carbocycles. The second kappa shape index (κ2) is 18.5. The van der Waals surface area contributed by atoms with Gasteiger partial charge in [-0.15, -0.1) is 0 Å². The molecule has 306 valence electrons. The zero-order valence-corrected chi connectivity index (χ0v) is 33.3. The van der Waals surface area contributed by atoms with Crippen molar-refractivity contribution < 1.29 is 19.5 Å². The van der Waals surface area contributed by atoms with Crippen molar-refractivity contribution in [3.63, 3.8) is 0 Å². The Balaban J connectivity index is 0.000000216. The summed E-state index contributed by atoms with van der Waals surface area (Å²) in [6.45, 7) is 7.21. The SMILES string of the molecule is NC(N)=C(/C=C(\N)c1ccccc1O)N1CCCCC1.O=C1CCN(c2cccc3c2ccn3C2CCN(CC3CCN(C(=O)c4ccccc4)CC3)CC2)C(=O)N1. The predicted molar refractivity (Wildman–Crippen MR) is 228 cm³/mol. The average Bonchev–Trinajstić information content (AvgIpc) is 3.69. The first kappa shape index (κ1) is 40.3. The van der Waals surface area contributed by atoms with Crippen molar-refractivity contribution in [2.24, 2.45) is 23.1 Å². The number of imide groups is 1. The summed E-state index contributed by atoms with van der Waals surface area (Å²) in [5.74, 6) is 0.986. The molecule has 0 radical (unpaired) electrons. The first-order valence-electron chi connectivity index (χ1n) is 20.7. The van der Waals surface area contributed by atoms with Crippen LogP contribution in [0.15, 0.2) is 103 Å². The molecule has 0 atom stereocenters. The summed E-state index contributed by atoms with van der Waals surface area (Å²) in [5, 5.41) is 13.3. The lowest BCUT2D eigenvalue weighted by atomic mass is 9.94. The molecule has 13 heteroatoms. The van der Waals surface area contributed by atoms with Crippen molar-refractivity contribution >= 4 is 40.1 Å². The Hall–Kier alpha value is -5.95. The molecule has 4 amide bonds. The normalized spacial score (nSPS) is 18.8. The van der Waals surface area contributed by atoms with Crippen LogP contribution < -0.4 is 27.4 Å². The summed E-state index contributed by atoms with van der Waals surface area (Å²) in [4.78, 5) is 45.2. The zero-order chi connectivity index (χ0) is 40.6. The van der Waals surface area contributed by atoms with Crippen molar-refractivity contribution in [2.45, 2.75) is 57.4 Å². The lowest BCUT2D eigenvalue weighted by molar-refractivity contribution is -0.120. The van der Waals surface area contributed by atoms with Gasteiger partial charge >= 0.3 is 6.03 Å². The quantitative estimate of drug-likeness (QED) is 0.143. The molecule has 8 rings (SSSR count). The number of allylic oxidation sites excluding steroid dienone is 1. The van der Waals surface area contributed by atoms with Crippen LogP contribution in [0, 0.1) is 5.92 Å². The number of fused-ring (bicyclic) bond motifs is 1. The van der Waals surface area contributed by atoms with E-state index in [2.05, 4.69) is 38.0 Å². The van der Waals surface area contributed by atoms with Crippen molar-refractivity contribution in [1.29, 1.82) is 0 Å².